The van der Waals surface area contributed by atoms with E-state index < -0.39 is 40.1 Å². The molecule has 2 rings (SSSR count). The quantitative estimate of drug-likeness (QED) is 0.547. The van der Waals surface area contributed by atoms with Gasteiger partial charge in [-0.2, -0.15) is 17.5 Å². The maximum absolute atomic E-state index is 12.9. The number of likely N-dealkylation sites (N-methyl/N-ethyl adjacent to an activating group) is 1. The molecule has 0 saturated heterocycles. The highest BCUT2D eigenvalue weighted by Gasteiger charge is 2.30. The number of carbonyl (C=O) groups is 1. The summed E-state index contributed by atoms with van der Waals surface area (Å²) >= 11 is 0. The van der Waals surface area contributed by atoms with Gasteiger partial charge in [0.05, 0.1) is 10.5 Å². The van der Waals surface area contributed by atoms with Crippen LogP contribution in [0.1, 0.15) is 11.1 Å². The number of sulfonamides is 1. The van der Waals surface area contributed by atoms with Gasteiger partial charge in [0.2, 0.25) is 10.0 Å². The zero-order valence-electron chi connectivity index (χ0n) is 14.0. The first-order valence-electron chi connectivity index (χ1n) is 7.54. The molecule has 2 aromatic carbocycles. The molecule has 0 N–H and O–H groups in total. The molecule has 0 aliphatic rings. The van der Waals surface area contributed by atoms with Crippen LogP contribution in [0.5, 0.6) is 0 Å². The molecule has 0 amide bonds. The minimum absolute atomic E-state index is 0.193. The third kappa shape index (κ3) is 5.51. The van der Waals surface area contributed by atoms with Gasteiger partial charge < -0.3 is 4.74 Å². The summed E-state index contributed by atoms with van der Waals surface area (Å²) in [7, 11) is -2.86. The summed E-state index contributed by atoms with van der Waals surface area (Å²) in [6.45, 7) is -0.915. The summed E-state index contributed by atoms with van der Waals surface area (Å²) in [5.41, 5.74) is -0.511. The first-order valence-corrected chi connectivity index (χ1v) is 8.98. The van der Waals surface area contributed by atoms with Crippen molar-refractivity contribution >= 4 is 16.0 Å². The van der Waals surface area contributed by atoms with Gasteiger partial charge in [0.1, 0.15) is 19.0 Å². The van der Waals surface area contributed by atoms with E-state index in [1.807, 2.05) is 0 Å². The number of hydrogen-bond donors (Lipinski definition) is 0. The fraction of sp³-hybridized carbons (Fsp3) is 0.235. The van der Waals surface area contributed by atoms with Gasteiger partial charge in [0, 0.05) is 7.05 Å². The van der Waals surface area contributed by atoms with Crippen LogP contribution in [-0.4, -0.2) is 32.3 Å². The van der Waals surface area contributed by atoms with Crippen molar-refractivity contribution in [3.63, 3.8) is 0 Å². The average molecular weight is 405 g/mol. The van der Waals surface area contributed by atoms with Crippen LogP contribution in [0.25, 0.3) is 0 Å². The molecule has 0 saturated carbocycles. The number of halogens is 4. The lowest BCUT2D eigenvalue weighted by molar-refractivity contribution is -0.145. The highest BCUT2D eigenvalue weighted by atomic mass is 32.2. The molecular weight excluding hydrogens is 390 g/mol. The molecular formula is C17H15F4NO4S. The third-order valence-electron chi connectivity index (χ3n) is 3.55. The highest BCUT2D eigenvalue weighted by Crippen LogP contribution is 2.29. The maximum Gasteiger partial charge on any atom is 0.416 e. The van der Waals surface area contributed by atoms with Crippen molar-refractivity contribution in [2.24, 2.45) is 0 Å². The number of carbonyl (C=O) groups excluding carboxylic acids is 1. The van der Waals surface area contributed by atoms with E-state index in [9.17, 15) is 30.8 Å². The fourth-order valence-corrected chi connectivity index (χ4v) is 3.17. The molecule has 0 aliphatic heterocycles. The minimum Gasteiger partial charge on any atom is -0.460 e. The molecule has 0 fully saturated rings. The Kier molecular flexibility index (Phi) is 6.22. The summed E-state index contributed by atoms with van der Waals surface area (Å²) in [5.74, 6) is -1.49. The number of rotatable bonds is 6. The topological polar surface area (TPSA) is 63.7 Å². The van der Waals surface area contributed by atoms with Crippen LogP contribution < -0.4 is 0 Å². The smallest absolute Gasteiger partial charge is 0.416 e. The van der Waals surface area contributed by atoms with Crippen LogP contribution in [0, 0.1) is 5.82 Å². The Labute approximate surface area is 153 Å². The summed E-state index contributed by atoms with van der Waals surface area (Å²) < 4.78 is 80.5. The molecule has 0 aliphatic carbocycles. The largest absolute Gasteiger partial charge is 0.460 e. The van der Waals surface area contributed by atoms with Crippen molar-refractivity contribution < 1.29 is 35.5 Å². The van der Waals surface area contributed by atoms with Crippen LogP contribution in [0.3, 0.4) is 0 Å². The monoisotopic (exact) mass is 405 g/mol. The van der Waals surface area contributed by atoms with Crippen LogP contribution in [0.15, 0.2) is 53.4 Å². The van der Waals surface area contributed by atoms with Gasteiger partial charge in [-0.15, -0.1) is 0 Å². The van der Waals surface area contributed by atoms with E-state index in [0.29, 0.717) is 5.56 Å². The normalized spacial score (nSPS) is 12.2. The van der Waals surface area contributed by atoms with Crippen LogP contribution >= 0.6 is 0 Å². The zero-order chi connectivity index (χ0) is 20.2. The van der Waals surface area contributed by atoms with Crippen LogP contribution in [0.2, 0.25) is 0 Å². The Morgan fingerprint density at radius 1 is 1.04 bits per heavy atom. The van der Waals surface area contributed by atoms with E-state index in [-0.39, 0.29) is 11.5 Å². The average Bonchev–Trinajstić information content (AvgIpc) is 2.60. The lowest BCUT2D eigenvalue weighted by Gasteiger charge is -2.16. The highest BCUT2D eigenvalue weighted by molar-refractivity contribution is 7.89. The van der Waals surface area contributed by atoms with Gasteiger partial charge in [-0.25, -0.2) is 12.8 Å². The summed E-state index contributed by atoms with van der Waals surface area (Å²) in [6.07, 6.45) is -4.47. The van der Waals surface area contributed by atoms with Crippen LogP contribution in [-0.2, 0) is 32.3 Å². The second kappa shape index (κ2) is 8.05. The van der Waals surface area contributed by atoms with Crippen molar-refractivity contribution in [2.75, 3.05) is 13.6 Å². The molecule has 0 spiro atoms. The van der Waals surface area contributed by atoms with Gasteiger partial charge in [-0.1, -0.05) is 12.1 Å². The summed E-state index contributed by atoms with van der Waals surface area (Å²) in [4.78, 5) is 11.6. The molecule has 0 atom stereocenters. The second-order valence-corrected chi connectivity index (χ2v) is 7.62. The van der Waals surface area contributed by atoms with E-state index in [1.54, 1.807) is 0 Å². The van der Waals surface area contributed by atoms with Gasteiger partial charge in [0.25, 0.3) is 0 Å². The molecule has 5 nitrogen and oxygen atoms in total. The second-order valence-electron chi connectivity index (χ2n) is 5.57. The third-order valence-corrected chi connectivity index (χ3v) is 5.37. The van der Waals surface area contributed by atoms with Gasteiger partial charge in [0.15, 0.2) is 0 Å². The zero-order valence-corrected chi connectivity index (χ0v) is 14.8. The van der Waals surface area contributed by atoms with Crippen molar-refractivity contribution in [1.82, 2.24) is 4.31 Å². The lowest BCUT2D eigenvalue weighted by atomic mass is 10.1. The first kappa shape index (κ1) is 20.8. The predicted molar refractivity (Wildman–Crippen MR) is 87.5 cm³/mol. The predicted octanol–water partition coefficient (Wildman–Crippen LogP) is 3.21. The molecule has 0 heterocycles. The van der Waals surface area contributed by atoms with Gasteiger partial charge in [-0.3, -0.25) is 4.79 Å². The van der Waals surface area contributed by atoms with Crippen molar-refractivity contribution in [3.8, 4) is 0 Å². The van der Waals surface area contributed by atoms with Crippen molar-refractivity contribution in [1.29, 1.82) is 0 Å². The Balaban J connectivity index is 1.94. The number of ether oxygens (including phenoxy) is 1. The van der Waals surface area contributed by atoms with Crippen molar-refractivity contribution in [2.45, 2.75) is 17.7 Å². The first-order chi connectivity index (χ1) is 12.5. The number of alkyl halides is 3. The minimum atomic E-state index is -4.47. The number of esters is 1. The molecule has 146 valence electrons. The molecule has 27 heavy (non-hydrogen) atoms. The molecule has 10 heteroatoms. The van der Waals surface area contributed by atoms with E-state index in [2.05, 4.69) is 0 Å². The molecule has 0 unspecified atom stereocenters. The van der Waals surface area contributed by atoms with Crippen LogP contribution in [0.4, 0.5) is 17.6 Å². The molecule has 0 radical (unpaired) electrons. The SMILES string of the molecule is CN(CC(=O)OCc1ccc(C(F)(F)F)cc1)S(=O)(=O)c1ccc(F)cc1. The number of nitrogens with zero attached hydrogens (tertiary/aromatic N) is 1. The Bertz CT molecular complexity index is 894. The Morgan fingerprint density at radius 3 is 2.11 bits per heavy atom. The summed E-state index contributed by atoms with van der Waals surface area (Å²) in [5, 5.41) is 0. The standard InChI is InChI=1S/C17H15F4NO4S/c1-22(27(24,25)15-8-6-14(18)7-9-15)10-16(23)26-11-12-2-4-13(5-3-12)17(19,20)21/h2-9H,10-11H2,1H3. The lowest BCUT2D eigenvalue weighted by Crippen LogP contribution is -2.33. The molecule has 2 aromatic rings. The van der Waals surface area contributed by atoms with E-state index in [0.717, 1.165) is 59.9 Å². The van der Waals surface area contributed by atoms with E-state index in [1.165, 1.54) is 0 Å². The maximum atomic E-state index is 12.9. The van der Waals surface area contributed by atoms with E-state index in [4.69, 9.17) is 4.74 Å². The van der Waals surface area contributed by atoms with Crippen molar-refractivity contribution in [3.05, 3.63) is 65.5 Å². The Hall–Kier alpha value is -2.46. The molecule has 0 aromatic heterocycles. The van der Waals surface area contributed by atoms with Gasteiger partial charge >= 0.3 is 12.1 Å². The molecule has 0 bridgehead atoms. The van der Waals surface area contributed by atoms with E-state index >= 15 is 0 Å². The fourth-order valence-electron chi connectivity index (χ4n) is 2.05. The number of benzene rings is 2. The number of hydrogen-bond acceptors (Lipinski definition) is 4. The van der Waals surface area contributed by atoms with Gasteiger partial charge in [-0.05, 0) is 42.0 Å². The Morgan fingerprint density at radius 2 is 1.59 bits per heavy atom. The summed E-state index contributed by atoms with van der Waals surface area (Å²) in [6, 6.07) is 8.11.